The van der Waals surface area contributed by atoms with Crippen molar-refractivity contribution in [3.05, 3.63) is 24.2 Å². The molecule has 0 bridgehead atoms. The number of aromatic nitrogens is 3. The zero-order chi connectivity index (χ0) is 8.97. The van der Waals surface area contributed by atoms with Crippen LogP contribution in [-0.4, -0.2) is 15.0 Å². The first-order valence-corrected chi connectivity index (χ1v) is 4.13. The number of aryl methyl sites for hydroxylation is 1. The van der Waals surface area contributed by atoms with E-state index in [1.54, 1.807) is 6.20 Å². The number of nitrogens with zero attached hydrogens (tertiary/aromatic N) is 2. The smallest absolute Gasteiger partial charge is 0.156 e. The predicted molar refractivity (Wildman–Crippen MR) is 50.0 cm³/mol. The molecule has 0 atom stereocenters. The minimum Gasteiger partial charge on any atom is -0.345 e. The number of H-pyrrole nitrogens is 1. The van der Waals surface area contributed by atoms with Crippen LogP contribution in [-0.2, 0) is 0 Å². The van der Waals surface area contributed by atoms with Crippen molar-refractivity contribution in [1.29, 1.82) is 0 Å². The molecule has 0 aliphatic rings. The molecule has 0 fully saturated rings. The van der Waals surface area contributed by atoms with E-state index in [1.807, 2.05) is 33.0 Å². The van der Waals surface area contributed by atoms with Crippen molar-refractivity contribution < 1.29 is 0 Å². The summed E-state index contributed by atoms with van der Waals surface area (Å²) >= 11 is 0. The van der Waals surface area contributed by atoms with Crippen molar-refractivity contribution >= 4 is 11.2 Å². The van der Waals surface area contributed by atoms with Gasteiger partial charge in [-0.25, -0.2) is 4.98 Å². The van der Waals surface area contributed by atoms with E-state index in [1.165, 1.54) is 0 Å². The Labute approximate surface area is 71.9 Å². The molecular formula is C9H13N3. The van der Waals surface area contributed by atoms with Crippen LogP contribution in [0.25, 0.3) is 11.2 Å². The van der Waals surface area contributed by atoms with Crippen molar-refractivity contribution in [2.24, 2.45) is 0 Å². The minimum absolute atomic E-state index is 0.861. The van der Waals surface area contributed by atoms with Crippen molar-refractivity contribution in [1.82, 2.24) is 15.0 Å². The molecule has 3 heteroatoms. The molecule has 0 aromatic carbocycles. The third-order valence-corrected chi connectivity index (χ3v) is 1.38. The van der Waals surface area contributed by atoms with Gasteiger partial charge in [0.1, 0.15) is 5.52 Å². The fourth-order valence-corrected chi connectivity index (χ4v) is 0.914. The second kappa shape index (κ2) is 3.85. The van der Waals surface area contributed by atoms with Crippen LogP contribution in [0, 0.1) is 6.92 Å². The van der Waals surface area contributed by atoms with E-state index in [4.69, 9.17) is 0 Å². The van der Waals surface area contributed by atoms with Crippen LogP contribution in [0.3, 0.4) is 0 Å². The van der Waals surface area contributed by atoms with Crippen LogP contribution in [0.2, 0.25) is 0 Å². The van der Waals surface area contributed by atoms with E-state index in [-0.39, 0.29) is 0 Å². The van der Waals surface area contributed by atoms with Gasteiger partial charge in [-0.2, -0.15) is 0 Å². The van der Waals surface area contributed by atoms with Crippen LogP contribution in [0.5, 0.6) is 0 Å². The van der Waals surface area contributed by atoms with Gasteiger partial charge in [-0.3, -0.25) is 4.98 Å². The maximum atomic E-state index is 4.22. The topological polar surface area (TPSA) is 41.6 Å². The van der Waals surface area contributed by atoms with E-state index >= 15 is 0 Å². The van der Waals surface area contributed by atoms with Gasteiger partial charge in [-0.15, -0.1) is 0 Å². The molecule has 0 saturated heterocycles. The molecule has 64 valence electrons. The Balaban J connectivity index is 0.000000336. The molecule has 0 aliphatic carbocycles. The summed E-state index contributed by atoms with van der Waals surface area (Å²) in [5.41, 5.74) is 2.72. The second-order valence-corrected chi connectivity index (χ2v) is 2.22. The first-order valence-electron chi connectivity index (χ1n) is 4.13. The summed E-state index contributed by atoms with van der Waals surface area (Å²) in [4.78, 5) is 11.4. The van der Waals surface area contributed by atoms with Crippen LogP contribution in [0.15, 0.2) is 18.5 Å². The van der Waals surface area contributed by atoms with Gasteiger partial charge in [0.25, 0.3) is 0 Å². The fraction of sp³-hybridized carbons (Fsp3) is 0.333. The van der Waals surface area contributed by atoms with Crippen molar-refractivity contribution in [3.63, 3.8) is 0 Å². The SMILES string of the molecule is CC.Cc1cnc2cc[nH]c2n1. The Morgan fingerprint density at radius 3 is 2.83 bits per heavy atom. The monoisotopic (exact) mass is 163 g/mol. The third kappa shape index (κ3) is 1.61. The molecule has 0 saturated carbocycles. The molecule has 0 unspecified atom stereocenters. The molecule has 2 rings (SSSR count). The summed E-state index contributed by atoms with van der Waals surface area (Å²) in [6.07, 6.45) is 3.60. The Morgan fingerprint density at radius 1 is 1.33 bits per heavy atom. The van der Waals surface area contributed by atoms with Crippen LogP contribution >= 0.6 is 0 Å². The van der Waals surface area contributed by atoms with Crippen LogP contribution < -0.4 is 0 Å². The number of nitrogens with one attached hydrogen (secondary N) is 1. The summed E-state index contributed by atoms with van der Waals surface area (Å²) in [6, 6.07) is 1.90. The Morgan fingerprint density at radius 2 is 2.08 bits per heavy atom. The molecule has 3 nitrogen and oxygen atoms in total. The third-order valence-electron chi connectivity index (χ3n) is 1.38. The lowest BCUT2D eigenvalue weighted by atomic mass is 10.5. The number of hydrogen-bond donors (Lipinski definition) is 1. The van der Waals surface area contributed by atoms with Gasteiger partial charge in [0.05, 0.1) is 5.69 Å². The van der Waals surface area contributed by atoms with Gasteiger partial charge < -0.3 is 4.98 Å². The highest BCUT2D eigenvalue weighted by atomic mass is 14.9. The first-order chi connectivity index (χ1) is 5.86. The average molecular weight is 163 g/mol. The van der Waals surface area contributed by atoms with E-state index in [0.29, 0.717) is 0 Å². The van der Waals surface area contributed by atoms with Crippen molar-refractivity contribution in [2.75, 3.05) is 0 Å². The van der Waals surface area contributed by atoms with Crippen molar-refractivity contribution in [3.8, 4) is 0 Å². The van der Waals surface area contributed by atoms with Crippen LogP contribution in [0.1, 0.15) is 19.5 Å². The predicted octanol–water partition coefficient (Wildman–Crippen LogP) is 2.29. The quantitative estimate of drug-likeness (QED) is 0.647. The Kier molecular flexibility index (Phi) is 2.80. The standard InChI is InChI=1S/C7H7N3.C2H6/c1-5-4-9-6-2-3-8-7(6)10-5;1-2/h2-4H,1H3,(H,8,10);1-2H3. The summed E-state index contributed by atoms with van der Waals surface area (Å²) in [6.45, 7) is 5.92. The van der Waals surface area contributed by atoms with Gasteiger partial charge in [0.15, 0.2) is 5.65 Å². The summed E-state index contributed by atoms with van der Waals surface area (Å²) in [5.74, 6) is 0. The highest BCUT2D eigenvalue weighted by Crippen LogP contribution is 2.04. The molecule has 0 aliphatic heterocycles. The lowest BCUT2D eigenvalue weighted by molar-refractivity contribution is 1.17. The number of aromatic amines is 1. The first kappa shape index (κ1) is 8.71. The van der Waals surface area contributed by atoms with Gasteiger partial charge in [0.2, 0.25) is 0 Å². The molecule has 1 N–H and O–H groups in total. The molecule has 2 heterocycles. The molecule has 0 radical (unpaired) electrons. The van der Waals surface area contributed by atoms with Gasteiger partial charge in [-0.05, 0) is 13.0 Å². The van der Waals surface area contributed by atoms with Crippen LogP contribution in [0.4, 0.5) is 0 Å². The number of hydrogen-bond acceptors (Lipinski definition) is 2. The molecule has 2 aromatic rings. The largest absolute Gasteiger partial charge is 0.345 e. The zero-order valence-corrected chi connectivity index (χ0v) is 7.63. The maximum absolute atomic E-state index is 4.22. The Bertz CT molecular complexity index is 351. The van der Waals surface area contributed by atoms with E-state index in [0.717, 1.165) is 16.9 Å². The Hall–Kier alpha value is -1.38. The highest BCUT2D eigenvalue weighted by Gasteiger charge is 1.94. The zero-order valence-electron chi connectivity index (χ0n) is 7.63. The van der Waals surface area contributed by atoms with Crippen molar-refractivity contribution in [2.45, 2.75) is 20.8 Å². The van der Waals surface area contributed by atoms with E-state index < -0.39 is 0 Å². The molecule has 0 spiro atoms. The maximum Gasteiger partial charge on any atom is 0.156 e. The normalized spacial score (nSPS) is 9.25. The lowest BCUT2D eigenvalue weighted by Crippen LogP contribution is -1.83. The highest BCUT2D eigenvalue weighted by molar-refractivity contribution is 5.69. The second-order valence-electron chi connectivity index (χ2n) is 2.22. The summed E-state index contributed by atoms with van der Waals surface area (Å²) < 4.78 is 0. The minimum atomic E-state index is 0.861. The molecule has 0 amide bonds. The van der Waals surface area contributed by atoms with E-state index in [9.17, 15) is 0 Å². The summed E-state index contributed by atoms with van der Waals surface area (Å²) in [5, 5.41) is 0. The number of fused-ring (bicyclic) bond motifs is 1. The van der Waals surface area contributed by atoms with Gasteiger partial charge in [-0.1, -0.05) is 13.8 Å². The van der Waals surface area contributed by atoms with Gasteiger partial charge in [0, 0.05) is 12.4 Å². The molecule has 2 aromatic heterocycles. The number of rotatable bonds is 0. The fourth-order valence-electron chi connectivity index (χ4n) is 0.914. The van der Waals surface area contributed by atoms with Gasteiger partial charge >= 0.3 is 0 Å². The molecular weight excluding hydrogens is 150 g/mol. The lowest BCUT2D eigenvalue weighted by Gasteiger charge is -1.88. The average Bonchev–Trinajstić information content (AvgIpc) is 2.54. The molecule has 12 heavy (non-hydrogen) atoms. The summed E-state index contributed by atoms with van der Waals surface area (Å²) in [7, 11) is 0. The van der Waals surface area contributed by atoms with E-state index in [2.05, 4.69) is 15.0 Å².